The summed E-state index contributed by atoms with van der Waals surface area (Å²) in [6, 6.07) is 5.50. The van der Waals surface area contributed by atoms with Crippen LogP contribution in [0.4, 0.5) is 5.69 Å². The first-order chi connectivity index (χ1) is 6.72. The number of carbonyl (C=O) groups is 1. The molecule has 1 aromatic carbocycles. The van der Waals surface area contributed by atoms with Crippen LogP contribution in [-0.4, -0.2) is 30.6 Å². The fourth-order valence-corrected chi connectivity index (χ4v) is 2.23. The Morgan fingerprint density at radius 2 is 2.21 bits per heavy atom. The maximum absolute atomic E-state index is 10.8. The van der Waals surface area contributed by atoms with Gasteiger partial charge in [-0.1, -0.05) is 6.07 Å². The summed E-state index contributed by atoms with van der Waals surface area (Å²) >= 11 is 3.40. The van der Waals surface area contributed by atoms with Crippen LogP contribution in [0.25, 0.3) is 0 Å². The molecule has 0 radical (unpaired) electrons. The maximum Gasteiger partial charge on any atom is 0.152 e. The number of hydrogen-bond acceptors (Lipinski definition) is 3. The third-order valence-electron chi connectivity index (χ3n) is 2.32. The topological polar surface area (TPSA) is 40.5 Å². The second-order valence-electron chi connectivity index (χ2n) is 3.35. The van der Waals surface area contributed by atoms with Crippen molar-refractivity contribution in [3.8, 4) is 0 Å². The predicted molar refractivity (Wildman–Crippen MR) is 57.7 cm³/mol. The Hall–Kier alpha value is -0.870. The van der Waals surface area contributed by atoms with E-state index in [2.05, 4.69) is 15.9 Å². The minimum Gasteiger partial charge on any atom is -0.389 e. The molecular weight excluding hydrogens is 246 g/mol. The highest BCUT2D eigenvalue weighted by Gasteiger charge is 2.27. The number of benzene rings is 1. The van der Waals surface area contributed by atoms with E-state index in [9.17, 15) is 9.90 Å². The third kappa shape index (κ3) is 1.55. The molecule has 0 unspecified atom stereocenters. The zero-order valence-corrected chi connectivity index (χ0v) is 9.07. The lowest BCUT2D eigenvalue weighted by Gasteiger charge is -2.39. The molecule has 0 aliphatic carbocycles. The van der Waals surface area contributed by atoms with E-state index in [4.69, 9.17) is 0 Å². The second-order valence-corrected chi connectivity index (χ2v) is 4.21. The van der Waals surface area contributed by atoms with Crippen LogP contribution >= 0.6 is 15.9 Å². The van der Waals surface area contributed by atoms with Gasteiger partial charge in [-0.25, -0.2) is 0 Å². The van der Waals surface area contributed by atoms with Crippen molar-refractivity contribution < 1.29 is 9.90 Å². The number of aliphatic hydroxyl groups is 1. The highest BCUT2D eigenvalue weighted by molar-refractivity contribution is 9.10. The van der Waals surface area contributed by atoms with E-state index in [-0.39, 0.29) is 6.10 Å². The summed E-state index contributed by atoms with van der Waals surface area (Å²) < 4.78 is 0.897. The van der Waals surface area contributed by atoms with Crippen molar-refractivity contribution in [2.45, 2.75) is 6.10 Å². The minimum atomic E-state index is -0.262. The maximum atomic E-state index is 10.8. The number of carbonyl (C=O) groups excluding carboxylic acids is 1. The number of anilines is 1. The van der Waals surface area contributed by atoms with Gasteiger partial charge in [-0.05, 0) is 28.1 Å². The molecule has 0 aromatic heterocycles. The van der Waals surface area contributed by atoms with E-state index in [0.29, 0.717) is 18.7 Å². The number of hydrogen-bond donors (Lipinski definition) is 1. The van der Waals surface area contributed by atoms with E-state index in [0.717, 1.165) is 16.4 Å². The quantitative estimate of drug-likeness (QED) is 0.814. The van der Waals surface area contributed by atoms with Gasteiger partial charge >= 0.3 is 0 Å². The van der Waals surface area contributed by atoms with Crippen LogP contribution in [-0.2, 0) is 0 Å². The molecule has 0 saturated carbocycles. The Morgan fingerprint density at radius 1 is 1.50 bits per heavy atom. The van der Waals surface area contributed by atoms with Crippen molar-refractivity contribution in [1.82, 2.24) is 0 Å². The molecule has 74 valence electrons. The van der Waals surface area contributed by atoms with Crippen LogP contribution in [0, 0.1) is 0 Å². The number of aldehydes is 1. The molecule has 1 aliphatic heterocycles. The average Bonchev–Trinajstić information content (AvgIpc) is 2.13. The van der Waals surface area contributed by atoms with Crippen LogP contribution in [0.3, 0.4) is 0 Å². The third-order valence-corrected chi connectivity index (χ3v) is 2.96. The number of aliphatic hydroxyl groups excluding tert-OH is 1. The van der Waals surface area contributed by atoms with Crippen LogP contribution in [0.5, 0.6) is 0 Å². The molecule has 1 heterocycles. The first-order valence-corrected chi connectivity index (χ1v) is 5.18. The monoisotopic (exact) mass is 255 g/mol. The number of nitrogens with zero attached hydrogens (tertiary/aromatic N) is 1. The van der Waals surface area contributed by atoms with Gasteiger partial charge in [0.25, 0.3) is 0 Å². The Balaban J connectivity index is 2.35. The van der Waals surface area contributed by atoms with E-state index < -0.39 is 0 Å². The van der Waals surface area contributed by atoms with Crippen molar-refractivity contribution in [2.75, 3.05) is 18.0 Å². The highest BCUT2D eigenvalue weighted by Crippen LogP contribution is 2.32. The van der Waals surface area contributed by atoms with E-state index in [1.165, 1.54) is 0 Å². The summed E-state index contributed by atoms with van der Waals surface area (Å²) in [5, 5.41) is 9.19. The van der Waals surface area contributed by atoms with Gasteiger partial charge in [-0.3, -0.25) is 4.79 Å². The number of rotatable bonds is 2. The van der Waals surface area contributed by atoms with Crippen molar-refractivity contribution in [1.29, 1.82) is 0 Å². The lowest BCUT2D eigenvalue weighted by molar-refractivity contribution is 0.112. The lowest BCUT2D eigenvalue weighted by Crippen LogP contribution is -2.51. The summed E-state index contributed by atoms with van der Waals surface area (Å²) in [6.07, 6.45) is 0.576. The zero-order chi connectivity index (χ0) is 10.1. The molecule has 0 atom stereocenters. The molecule has 1 aromatic rings. The number of β-amino-alcohol motifs (C(OH)–C–C–N with tert-alkyl or cyclic N) is 1. The van der Waals surface area contributed by atoms with Gasteiger partial charge in [0, 0.05) is 23.1 Å². The summed E-state index contributed by atoms with van der Waals surface area (Å²) in [6.45, 7) is 1.20. The van der Waals surface area contributed by atoms with Gasteiger partial charge in [0.1, 0.15) is 0 Å². The Bertz CT molecular complexity index is 361. The standard InChI is InChI=1S/C10H10BrNO2/c11-9-3-1-2-7(6-13)10(9)12-4-8(14)5-12/h1-3,6,8,14H,4-5H2. The van der Waals surface area contributed by atoms with Crippen molar-refractivity contribution in [3.05, 3.63) is 28.2 Å². The number of halogens is 1. The van der Waals surface area contributed by atoms with E-state index in [1.54, 1.807) is 6.07 Å². The molecular formula is C10H10BrNO2. The van der Waals surface area contributed by atoms with Crippen molar-refractivity contribution in [3.63, 3.8) is 0 Å². The molecule has 1 aliphatic rings. The molecule has 4 heteroatoms. The van der Waals surface area contributed by atoms with Crippen molar-refractivity contribution in [2.24, 2.45) is 0 Å². The summed E-state index contributed by atoms with van der Waals surface area (Å²) in [5.74, 6) is 0. The average molecular weight is 256 g/mol. The van der Waals surface area contributed by atoms with Gasteiger partial charge in [0.05, 0.1) is 11.8 Å². The molecule has 0 amide bonds. The van der Waals surface area contributed by atoms with Gasteiger partial charge in [0.2, 0.25) is 0 Å². The fourth-order valence-electron chi connectivity index (χ4n) is 1.60. The van der Waals surface area contributed by atoms with Crippen LogP contribution < -0.4 is 4.90 Å². The van der Waals surface area contributed by atoms with E-state index in [1.807, 2.05) is 17.0 Å². The zero-order valence-electron chi connectivity index (χ0n) is 7.48. The van der Waals surface area contributed by atoms with Gasteiger partial charge < -0.3 is 10.0 Å². The van der Waals surface area contributed by atoms with Crippen LogP contribution in [0.2, 0.25) is 0 Å². The van der Waals surface area contributed by atoms with Gasteiger partial charge in [-0.15, -0.1) is 0 Å². The molecule has 0 bridgehead atoms. The Morgan fingerprint density at radius 3 is 2.79 bits per heavy atom. The van der Waals surface area contributed by atoms with Crippen molar-refractivity contribution >= 4 is 27.9 Å². The second kappa shape index (κ2) is 3.71. The SMILES string of the molecule is O=Cc1cccc(Br)c1N1CC(O)C1. The fraction of sp³-hybridized carbons (Fsp3) is 0.300. The predicted octanol–water partition coefficient (Wildman–Crippen LogP) is 1.44. The first-order valence-electron chi connectivity index (χ1n) is 4.39. The Labute approximate surface area is 90.5 Å². The molecule has 1 N–H and O–H groups in total. The highest BCUT2D eigenvalue weighted by atomic mass is 79.9. The minimum absolute atomic E-state index is 0.262. The molecule has 3 nitrogen and oxygen atoms in total. The molecule has 1 fully saturated rings. The van der Waals surface area contributed by atoms with Crippen LogP contribution in [0.1, 0.15) is 10.4 Å². The first kappa shape index (κ1) is 9.68. The molecule has 1 saturated heterocycles. The smallest absolute Gasteiger partial charge is 0.152 e. The summed E-state index contributed by atoms with van der Waals surface area (Å²) in [5.41, 5.74) is 1.54. The Kier molecular flexibility index (Phi) is 2.56. The normalized spacial score (nSPS) is 16.6. The van der Waals surface area contributed by atoms with E-state index >= 15 is 0 Å². The van der Waals surface area contributed by atoms with Crippen LogP contribution in [0.15, 0.2) is 22.7 Å². The molecule has 0 spiro atoms. The number of para-hydroxylation sites is 1. The lowest BCUT2D eigenvalue weighted by atomic mass is 10.1. The van der Waals surface area contributed by atoms with Gasteiger partial charge in [0.15, 0.2) is 6.29 Å². The van der Waals surface area contributed by atoms with Gasteiger partial charge in [-0.2, -0.15) is 0 Å². The molecule has 2 rings (SSSR count). The summed E-state index contributed by atoms with van der Waals surface area (Å²) in [4.78, 5) is 12.8. The molecule has 14 heavy (non-hydrogen) atoms. The largest absolute Gasteiger partial charge is 0.389 e. The summed E-state index contributed by atoms with van der Waals surface area (Å²) in [7, 11) is 0.